The van der Waals surface area contributed by atoms with E-state index in [1.165, 1.54) is 5.56 Å². The number of hydrogen-bond donors (Lipinski definition) is 1. The first-order valence-electron chi connectivity index (χ1n) is 9.01. The molecule has 2 aromatic carbocycles. The molecule has 0 spiro atoms. The van der Waals surface area contributed by atoms with Crippen molar-refractivity contribution in [2.24, 2.45) is 0 Å². The molecule has 0 unspecified atom stereocenters. The van der Waals surface area contributed by atoms with Crippen LogP contribution in [0.1, 0.15) is 33.3 Å². The first-order valence-corrected chi connectivity index (χ1v) is 9.01. The molecular formula is C22H26N4. The van der Waals surface area contributed by atoms with E-state index in [1.807, 2.05) is 30.3 Å². The zero-order valence-corrected chi connectivity index (χ0v) is 15.9. The SMILES string of the molecule is CCN(c1ccccc1)c1ccnc(Nc2ccccc2C(C)(C)C)n1. The molecule has 0 aliphatic heterocycles. The molecule has 0 aliphatic rings. The summed E-state index contributed by atoms with van der Waals surface area (Å²) in [6.07, 6.45) is 1.80. The third-order valence-corrected chi connectivity index (χ3v) is 4.28. The van der Waals surface area contributed by atoms with Gasteiger partial charge in [0.2, 0.25) is 5.95 Å². The van der Waals surface area contributed by atoms with Crippen molar-refractivity contribution in [3.8, 4) is 0 Å². The smallest absolute Gasteiger partial charge is 0.229 e. The van der Waals surface area contributed by atoms with Crippen LogP contribution < -0.4 is 10.2 Å². The highest BCUT2D eigenvalue weighted by Gasteiger charge is 2.18. The van der Waals surface area contributed by atoms with Gasteiger partial charge in [0.25, 0.3) is 0 Å². The molecule has 1 aromatic heterocycles. The Bertz CT molecular complexity index is 853. The van der Waals surface area contributed by atoms with Crippen LogP contribution in [0.15, 0.2) is 66.9 Å². The van der Waals surface area contributed by atoms with Gasteiger partial charge in [-0.15, -0.1) is 0 Å². The number of rotatable bonds is 5. The maximum absolute atomic E-state index is 4.74. The predicted octanol–water partition coefficient (Wildman–Crippen LogP) is 5.68. The van der Waals surface area contributed by atoms with E-state index >= 15 is 0 Å². The molecular weight excluding hydrogens is 320 g/mol. The predicted molar refractivity (Wildman–Crippen MR) is 110 cm³/mol. The zero-order chi connectivity index (χ0) is 18.6. The molecule has 0 saturated carbocycles. The first-order chi connectivity index (χ1) is 12.5. The van der Waals surface area contributed by atoms with Gasteiger partial charge < -0.3 is 10.2 Å². The van der Waals surface area contributed by atoms with Crippen molar-refractivity contribution in [2.45, 2.75) is 33.1 Å². The van der Waals surface area contributed by atoms with E-state index < -0.39 is 0 Å². The van der Waals surface area contributed by atoms with Crippen LogP contribution in [-0.4, -0.2) is 16.5 Å². The second-order valence-electron chi connectivity index (χ2n) is 7.24. The quantitative estimate of drug-likeness (QED) is 0.645. The lowest BCUT2D eigenvalue weighted by Crippen LogP contribution is -2.18. The highest BCUT2D eigenvalue weighted by molar-refractivity contribution is 5.64. The Morgan fingerprint density at radius 1 is 0.923 bits per heavy atom. The van der Waals surface area contributed by atoms with E-state index in [-0.39, 0.29) is 5.41 Å². The number of aromatic nitrogens is 2. The number of para-hydroxylation sites is 2. The molecule has 0 atom stereocenters. The summed E-state index contributed by atoms with van der Waals surface area (Å²) >= 11 is 0. The zero-order valence-electron chi connectivity index (χ0n) is 15.9. The molecule has 0 saturated heterocycles. The van der Waals surface area contributed by atoms with Crippen LogP contribution in [0.25, 0.3) is 0 Å². The minimum atomic E-state index is 0.0424. The molecule has 26 heavy (non-hydrogen) atoms. The van der Waals surface area contributed by atoms with Crippen LogP contribution in [0.4, 0.5) is 23.1 Å². The lowest BCUT2D eigenvalue weighted by Gasteiger charge is -2.24. The van der Waals surface area contributed by atoms with Gasteiger partial charge in [-0.3, -0.25) is 0 Å². The number of nitrogens with one attached hydrogen (secondary N) is 1. The second kappa shape index (κ2) is 7.56. The summed E-state index contributed by atoms with van der Waals surface area (Å²) in [5, 5.41) is 3.40. The number of benzene rings is 2. The standard InChI is InChI=1S/C22H26N4/c1-5-26(17-11-7-6-8-12-17)20-15-16-23-21(25-20)24-19-14-10-9-13-18(19)22(2,3)4/h6-16H,5H2,1-4H3,(H,23,24,25). The van der Waals surface area contributed by atoms with E-state index in [2.05, 4.69) is 73.2 Å². The van der Waals surface area contributed by atoms with E-state index in [0.29, 0.717) is 5.95 Å². The molecule has 3 rings (SSSR count). The van der Waals surface area contributed by atoms with Crippen LogP contribution in [0.3, 0.4) is 0 Å². The molecule has 4 nitrogen and oxygen atoms in total. The third-order valence-electron chi connectivity index (χ3n) is 4.28. The van der Waals surface area contributed by atoms with Crippen LogP contribution in [-0.2, 0) is 5.41 Å². The molecule has 4 heteroatoms. The number of anilines is 4. The lowest BCUT2D eigenvalue weighted by atomic mass is 9.86. The third kappa shape index (κ3) is 4.02. The van der Waals surface area contributed by atoms with Gasteiger partial charge in [0.1, 0.15) is 5.82 Å². The van der Waals surface area contributed by atoms with Gasteiger partial charge in [0.05, 0.1) is 0 Å². The molecule has 0 aliphatic carbocycles. The Kier molecular flexibility index (Phi) is 5.21. The summed E-state index contributed by atoms with van der Waals surface area (Å²) in [6.45, 7) is 9.58. The Morgan fingerprint density at radius 2 is 1.62 bits per heavy atom. The fourth-order valence-corrected chi connectivity index (χ4v) is 3.01. The van der Waals surface area contributed by atoms with Crippen molar-refractivity contribution in [3.05, 3.63) is 72.4 Å². The Labute approximate surface area is 155 Å². The van der Waals surface area contributed by atoms with E-state index in [4.69, 9.17) is 4.98 Å². The molecule has 0 radical (unpaired) electrons. The van der Waals surface area contributed by atoms with Crippen LogP contribution in [0, 0.1) is 0 Å². The van der Waals surface area contributed by atoms with Crippen LogP contribution >= 0.6 is 0 Å². The van der Waals surface area contributed by atoms with E-state index in [1.54, 1.807) is 6.20 Å². The molecule has 1 heterocycles. The summed E-state index contributed by atoms with van der Waals surface area (Å²) < 4.78 is 0. The van der Waals surface area contributed by atoms with Gasteiger partial charge in [-0.1, -0.05) is 57.2 Å². The lowest BCUT2D eigenvalue weighted by molar-refractivity contribution is 0.592. The van der Waals surface area contributed by atoms with E-state index in [0.717, 1.165) is 23.7 Å². The van der Waals surface area contributed by atoms with Crippen LogP contribution in [0.5, 0.6) is 0 Å². The summed E-state index contributed by atoms with van der Waals surface area (Å²) in [7, 11) is 0. The molecule has 3 aromatic rings. The van der Waals surface area contributed by atoms with Crippen molar-refractivity contribution in [3.63, 3.8) is 0 Å². The van der Waals surface area contributed by atoms with Gasteiger partial charge in [0, 0.05) is 24.1 Å². The highest BCUT2D eigenvalue weighted by atomic mass is 15.2. The van der Waals surface area contributed by atoms with Crippen molar-refractivity contribution in [1.29, 1.82) is 0 Å². The average molecular weight is 346 g/mol. The van der Waals surface area contributed by atoms with Gasteiger partial charge in [-0.25, -0.2) is 4.98 Å². The minimum absolute atomic E-state index is 0.0424. The Balaban J connectivity index is 1.92. The molecule has 134 valence electrons. The summed E-state index contributed by atoms with van der Waals surface area (Å²) in [4.78, 5) is 11.3. The molecule has 1 N–H and O–H groups in total. The monoisotopic (exact) mass is 346 g/mol. The van der Waals surface area contributed by atoms with Gasteiger partial charge in [-0.2, -0.15) is 4.98 Å². The van der Waals surface area contributed by atoms with Crippen molar-refractivity contribution >= 4 is 23.1 Å². The minimum Gasteiger partial charge on any atom is -0.327 e. The highest BCUT2D eigenvalue weighted by Crippen LogP contribution is 2.31. The van der Waals surface area contributed by atoms with Crippen LogP contribution in [0.2, 0.25) is 0 Å². The topological polar surface area (TPSA) is 41.1 Å². The molecule has 0 bridgehead atoms. The first kappa shape index (κ1) is 17.9. The van der Waals surface area contributed by atoms with Crippen molar-refractivity contribution in [1.82, 2.24) is 9.97 Å². The largest absolute Gasteiger partial charge is 0.327 e. The van der Waals surface area contributed by atoms with Crippen molar-refractivity contribution in [2.75, 3.05) is 16.8 Å². The summed E-state index contributed by atoms with van der Waals surface area (Å²) in [5.41, 5.74) is 3.44. The number of nitrogens with zero attached hydrogens (tertiary/aromatic N) is 3. The normalized spacial score (nSPS) is 11.2. The molecule has 0 fully saturated rings. The number of hydrogen-bond acceptors (Lipinski definition) is 4. The molecule has 0 amide bonds. The Morgan fingerprint density at radius 3 is 2.31 bits per heavy atom. The average Bonchev–Trinajstić information content (AvgIpc) is 2.63. The van der Waals surface area contributed by atoms with Gasteiger partial charge in [0.15, 0.2) is 0 Å². The maximum atomic E-state index is 4.74. The fourth-order valence-electron chi connectivity index (χ4n) is 3.01. The maximum Gasteiger partial charge on any atom is 0.229 e. The van der Waals surface area contributed by atoms with Gasteiger partial charge in [-0.05, 0) is 42.2 Å². The Hall–Kier alpha value is -2.88. The van der Waals surface area contributed by atoms with Crippen molar-refractivity contribution < 1.29 is 0 Å². The fraction of sp³-hybridized carbons (Fsp3) is 0.273. The van der Waals surface area contributed by atoms with E-state index in [9.17, 15) is 0 Å². The summed E-state index contributed by atoms with van der Waals surface area (Å²) in [6, 6.07) is 20.5. The summed E-state index contributed by atoms with van der Waals surface area (Å²) in [5.74, 6) is 1.48. The van der Waals surface area contributed by atoms with Gasteiger partial charge >= 0.3 is 0 Å². The second-order valence-corrected chi connectivity index (χ2v) is 7.24.